The van der Waals surface area contributed by atoms with Gasteiger partial charge >= 0.3 is 5.97 Å². The van der Waals surface area contributed by atoms with E-state index in [0.717, 1.165) is 0 Å². The topological polar surface area (TPSA) is 92.5 Å². The molecule has 1 atom stereocenters. The molecule has 0 aliphatic rings. The lowest BCUT2D eigenvalue weighted by molar-refractivity contribution is -0.385. The van der Waals surface area contributed by atoms with Gasteiger partial charge in [-0.05, 0) is 13.3 Å². The Bertz CT molecular complexity index is 434. The van der Waals surface area contributed by atoms with Gasteiger partial charge in [-0.25, -0.2) is 0 Å². The third kappa shape index (κ3) is 4.50. The number of nitrogens with zero attached hydrogens (tertiary/aromatic N) is 1. The number of nitro benzene ring substituents is 1. The van der Waals surface area contributed by atoms with Crippen LogP contribution in [0.25, 0.3) is 0 Å². The molecule has 0 heterocycles. The zero-order valence-corrected chi connectivity index (χ0v) is 10.1. The van der Waals surface area contributed by atoms with Gasteiger partial charge in [0.1, 0.15) is 0 Å². The van der Waals surface area contributed by atoms with Crippen molar-refractivity contribution in [1.82, 2.24) is 5.32 Å². The molecule has 0 amide bonds. The molecule has 0 aromatic heterocycles. The van der Waals surface area contributed by atoms with Crippen LogP contribution in [0, 0.1) is 10.1 Å². The number of rotatable bonds is 7. The Morgan fingerprint density at radius 2 is 2.17 bits per heavy atom. The van der Waals surface area contributed by atoms with Crippen LogP contribution < -0.4 is 5.32 Å². The molecule has 0 saturated carbocycles. The van der Waals surface area contributed by atoms with Crippen LogP contribution in [0.15, 0.2) is 24.3 Å². The first-order chi connectivity index (χ1) is 8.50. The van der Waals surface area contributed by atoms with Crippen molar-refractivity contribution in [3.05, 3.63) is 39.9 Å². The SMILES string of the molecule is CC(CCC(=O)O)NCc1ccccc1[N+](=O)[O-]. The fourth-order valence-electron chi connectivity index (χ4n) is 1.56. The van der Waals surface area contributed by atoms with E-state index in [1.54, 1.807) is 18.2 Å². The van der Waals surface area contributed by atoms with Crippen LogP contribution in [0.3, 0.4) is 0 Å². The van der Waals surface area contributed by atoms with Crippen LogP contribution in [0.1, 0.15) is 25.3 Å². The molecule has 6 nitrogen and oxygen atoms in total. The summed E-state index contributed by atoms with van der Waals surface area (Å²) in [6, 6.07) is 6.51. The van der Waals surface area contributed by atoms with Crippen molar-refractivity contribution in [2.24, 2.45) is 0 Å². The van der Waals surface area contributed by atoms with Gasteiger partial charge in [0.05, 0.1) is 4.92 Å². The Hall–Kier alpha value is -1.95. The summed E-state index contributed by atoms with van der Waals surface area (Å²) in [4.78, 5) is 20.8. The Labute approximate surface area is 105 Å². The predicted octanol–water partition coefficient (Wildman–Crippen LogP) is 1.94. The number of carbonyl (C=O) groups is 1. The molecule has 0 spiro atoms. The molecule has 1 rings (SSSR count). The number of nitrogens with one attached hydrogen (secondary N) is 1. The second kappa shape index (κ2) is 6.70. The first-order valence-corrected chi connectivity index (χ1v) is 5.68. The van der Waals surface area contributed by atoms with Gasteiger partial charge in [-0.2, -0.15) is 0 Å². The van der Waals surface area contributed by atoms with Gasteiger partial charge in [0.25, 0.3) is 5.69 Å². The van der Waals surface area contributed by atoms with Gasteiger partial charge in [-0.3, -0.25) is 14.9 Å². The molecule has 1 aromatic rings. The maximum atomic E-state index is 10.8. The Morgan fingerprint density at radius 1 is 1.50 bits per heavy atom. The van der Waals surface area contributed by atoms with Crippen molar-refractivity contribution < 1.29 is 14.8 Å². The van der Waals surface area contributed by atoms with E-state index in [4.69, 9.17) is 5.11 Å². The van der Waals surface area contributed by atoms with Gasteiger partial charge < -0.3 is 10.4 Å². The molecule has 0 aliphatic heterocycles. The summed E-state index contributed by atoms with van der Waals surface area (Å²) >= 11 is 0. The summed E-state index contributed by atoms with van der Waals surface area (Å²) in [7, 11) is 0. The fourth-order valence-corrected chi connectivity index (χ4v) is 1.56. The lowest BCUT2D eigenvalue weighted by Crippen LogP contribution is -2.26. The normalized spacial score (nSPS) is 12.1. The second-order valence-corrected chi connectivity index (χ2v) is 4.10. The van der Waals surface area contributed by atoms with Crippen LogP contribution in [-0.2, 0) is 11.3 Å². The molecule has 98 valence electrons. The smallest absolute Gasteiger partial charge is 0.303 e. The lowest BCUT2D eigenvalue weighted by Gasteiger charge is -2.12. The van der Waals surface area contributed by atoms with E-state index in [1.165, 1.54) is 6.07 Å². The van der Waals surface area contributed by atoms with E-state index in [9.17, 15) is 14.9 Å². The van der Waals surface area contributed by atoms with E-state index in [0.29, 0.717) is 18.5 Å². The molecule has 1 aromatic carbocycles. The minimum Gasteiger partial charge on any atom is -0.481 e. The average Bonchev–Trinajstić information content (AvgIpc) is 2.34. The van der Waals surface area contributed by atoms with Gasteiger partial charge in [-0.15, -0.1) is 0 Å². The van der Waals surface area contributed by atoms with Crippen molar-refractivity contribution in [3.8, 4) is 0 Å². The number of hydrogen-bond donors (Lipinski definition) is 2. The van der Waals surface area contributed by atoms with E-state index in [-0.39, 0.29) is 18.2 Å². The fraction of sp³-hybridized carbons (Fsp3) is 0.417. The van der Waals surface area contributed by atoms with Gasteiger partial charge in [0, 0.05) is 30.6 Å². The van der Waals surface area contributed by atoms with E-state index >= 15 is 0 Å². The third-order valence-electron chi connectivity index (χ3n) is 2.62. The molecule has 0 saturated heterocycles. The molecule has 0 bridgehead atoms. The molecular formula is C12H16N2O4. The largest absolute Gasteiger partial charge is 0.481 e. The molecule has 18 heavy (non-hydrogen) atoms. The van der Waals surface area contributed by atoms with Crippen LogP contribution in [0.5, 0.6) is 0 Å². The molecule has 0 aliphatic carbocycles. The number of benzene rings is 1. The van der Waals surface area contributed by atoms with Crippen LogP contribution in [0.4, 0.5) is 5.69 Å². The van der Waals surface area contributed by atoms with Crippen molar-refractivity contribution >= 4 is 11.7 Å². The number of aliphatic carboxylic acids is 1. The highest BCUT2D eigenvalue weighted by atomic mass is 16.6. The summed E-state index contributed by atoms with van der Waals surface area (Å²) in [5, 5.41) is 22.4. The average molecular weight is 252 g/mol. The van der Waals surface area contributed by atoms with Crippen LogP contribution in [-0.4, -0.2) is 22.0 Å². The van der Waals surface area contributed by atoms with E-state index in [1.807, 2.05) is 6.92 Å². The molecule has 2 N–H and O–H groups in total. The number of hydrogen-bond acceptors (Lipinski definition) is 4. The van der Waals surface area contributed by atoms with E-state index in [2.05, 4.69) is 5.32 Å². The summed E-state index contributed by atoms with van der Waals surface area (Å²) in [6.07, 6.45) is 0.584. The zero-order valence-electron chi connectivity index (χ0n) is 10.1. The summed E-state index contributed by atoms with van der Waals surface area (Å²) in [5.74, 6) is -0.839. The maximum Gasteiger partial charge on any atom is 0.303 e. The van der Waals surface area contributed by atoms with Crippen LogP contribution in [0.2, 0.25) is 0 Å². The van der Waals surface area contributed by atoms with Crippen molar-refractivity contribution in [1.29, 1.82) is 0 Å². The maximum absolute atomic E-state index is 10.8. The summed E-state index contributed by atoms with van der Waals surface area (Å²) in [5.41, 5.74) is 0.681. The Morgan fingerprint density at radius 3 is 2.78 bits per heavy atom. The van der Waals surface area contributed by atoms with Crippen molar-refractivity contribution in [2.45, 2.75) is 32.4 Å². The Balaban J connectivity index is 2.53. The Kier molecular flexibility index (Phi) is 5.26. The van der Waals surface area contributed by atoms with Crippen LogP contribution >= 0.6 is 0 Å². The summed E-state index contributed by atoms with van der Waals surface area (Å²) < 4.78 is 0. The van der Waals surface area contributed by atoms with Gasteiger partial charge in [0.2, 0.25) is 0 Å². The first-order valence-electron chi connectivity index (χ1n) is 5.68. The highest BCUT2D eigenvalue weighted by Gasteiger charge is 2.13. The van der Waals surface area contributed by atoms with Gasteiger partial charge in [0.15, 0.2) is 0 Å². The molecule has 0 fully saturated rings. The van der Waals surface area contributed by atoms with Crippen molar-refractivity contribution in [2.75, 3.05) is 0 Å². The third-order valence-corrected chi connectivity index (χ3v) is 2.62. The van der Waals surface area contributed by atoms with Gasteiger partial charge in [-0.1, -0.05) is 18.2 Å². The lowest BCUT2D eigenvalue weighted by atomic mass is 10.1. The predicted molar refractivity (Wildman–Crippen MR) is 66.3 cm³/mol. The molecule has 1 unspecified atom stereocenters. The number of carboxylic acids is 1. The molecule has 0 radical (unpaired) electrons. The summed E-state index contributed by atoms with van der Waals surface area (Å²) in [6.45, 7) is 2.22. The standard InChI is InChI=1S/C12H16N2O4/c1-9(6-7-12(15)16)13-8-10-4-2-3-5-11(10)14(17)18/h2-5,9,13H,6-8H2,1H3,(H,15,16). The highest BCUT2D eigenvalue weighted by molar-refractivity contribution is 5.66. The minimum atomic E-state index is -0.839. The number of para-hydroxylation sites is 1. The number of carboxylic acid groups (broad SMARTS) is 1. The zero-order chi connectivity index (χ0) is 13.5. The monoisotopic (exact) mass is 252 g/mol. The molecular weight excluding hydrogens is 236 g/mol. The quantitative estimate of drug-likeness (QED) is 0.571. The number of nitro groups is 1. The first kappa shape index (κ1) is 14.1. The highest BCUT2D eigenvalue weighted by Crippen LogP contribution is 2.17. The minimum absolute atomic E-state index is 0.000843. The van der Waals surface area contributed by atoms with Crippen molar-refractivity contribution in [3.63, 3.8) is 0 Å². The molecule has 6 heteroatoms. The second-order valence-electron chi connectivity index (χ2n) is 4.10. The van der Waals surface area contributed by atoms with E-state index < -0.39 is 10.9 Å².